The number of benzene rings is 2. The van der Waals surface area contributed by atoms with Crippen molar-refractivity contribution >= 4 is 37.6 Å². The summed E-state index contributed by atoms with van der Waals surface area (Å²) in [5, 5.41) is 3.64. The van der Waals surface area contributed by atoms with E-state index in [4.69, 9.17) is 0 Å². The first kappa shape index (κ1) is 9.79. The Morgan fingerprint density at radius 3 is 2.50 bits per heavy atom. The largest absolute Gasteiger partial charge is 0.240 e. The molecule has 1 nitrogen and oxygen atoms in total. The monoisotopic (exact) mass is 271 g/mol. The number of aromatic nitrogens is 1. The van der Waals surface area contributed by atoms with Gasteiger partial charge in [0.05, 0.1) is 5.52 Å². The highest BCUT2D eigenvalue weighted by Gasteiger charge is 2.05. The number of hydrogen-bond acceptors (Lipinski definition) is 1. The Bertz CT molecular complexity index is 689. The quantitative estimate of drug-likeness (QED) is 0.435. The van der Waals surface area contributed by atoms with Crippen LogP contribution in [0.4, 0.5) is 0 Å². The van der Waals surface area contributed by atoms with Crippen LogP contribution in [0.25, 0.3) is 21.7 Å². The molecule has 0 aliphatic heterocycles. The topological polar surface area (TPSA) is 12.9 Å². The molecule has 0 amide bonds. The summed E-state index contributed by atoms with van der Waals surface area (Å²) in [5.41, 5.74) is 2.30. The van der Waals surface area contributed by atoms with Gasteiger partial charge in [-0.15, -0.1) is 0 Å². The van der Waals surface area contributed by atoms with E-state index in [0.29, 0.717) is 0 Å². The van der Waals surface area contributed by atoms with Gasteiger partial charge in [0.1, 0.15) is 4.60 Å². The van der Waals surface area contributed by atoms with Gasteiger partial charge in [-0.25, -0.2) is 4.98 Å². The van der Waals surface area contributed by atoms with Crippen molar-refractivity contribution in [1.82, 2.24) is 4.98 Å². The van der Waals surface area contributed by atoms with Gasteiger partial charge >= 0.3 is 0 Å². The summed E-state index contributed by atoms with van der Waals surface area (Å²) in [6.07, 6.45) is 0. The minimum atomic E-state index is 0.916. The zero-order valence-electron chi connectivity index (χ0n) is 8.87. The number of nitrogens with zero attached hydrogens (tertiary/aromatic N) is 1. The molecule has 0 radical (unpaired) electrons. The third kappa shape index (κ3) is 1.41. The number of rotatable bonds is 0. The average molecular weight is 272 g/mol. The van der Waals surface area contributed by atoms with Gasteiger partial charge in [0.15, 0.2) is 0 Å². The van der Waals surface area contributed by atoms with Gasteiger partial charge < -0.3 is 0 Å². The molecular weight excluding hydrogens is 262 g/mol. The predicted molar refractivity (Wildman–Crippen MR) is 71.7 cm³/mol. The Morgan fingerprint density at radius 1 is 0.938 bits per heavy atom. The van der Waals surface area contributed by atoms with Crippen molar-refractivity contribution in [1.29, 1.82) is 0 Å². The summed E-state index contributed by atoms with van der Waals surface area (Å²) in [7, 11) is 0. The number of pyridine rings is 1. The van der Waals surface area contributed by atoms with E-state index in [2.05, 4.69) is 64.2 Å². The molecule has 3 aromatic rings. The number of hydrogen-bond donors (Lipinski definition) is 0. The van der Waals surface area contributed by atoms with Gasteiger partial charge in [-0.1, -0.05) is 35.9 Å². The number of fused-ring (bicyclic) bond motifs is 3. The lowest BCUT2D eigenvalue weighted by molar-refractivity contribution is 1.38. The second-order valence-corrected chi connectivity index (χ2v) is 4.72. The van der Waals surface area contributed by atoms with Crippen molar-refractivity contribution in [2.45, 2.75) is 6.92 Å². The Kier molecular flexibility index (Phi) is 2.18. The molecule has 1 heterocycles. The van der Waals surface area contributed by atoms with E-state index < -0.39 is 0 Å². The molecule has 3 rings (SSSR count). The lowest BCUT2D eigenvalue weighted by Crippen LogP contribution is -1.85. The highest BCUT2D eigenvalue weighted by molar-refractivity contribution is 9.10. The fraction of sp³-hybridized carbons (Fsp3) is 0.0714. The van der Waals surface area contributed by atoms with Crippen LogP contribution in [0, 0.1) is 6.92 Å². The maximum Gasteiger partial charge on any atom is 0.114 e. The molecule has 0 saturated heterocycles. The summed E-state index contributed by atoms with van der Waals surface area (Å²) in [6.45, 7) is 2.11. The van der Waals surface area contributed by atoms with Crippen molar-refractivity contribution in [3.63, 3.8) is 0 Å². The molecule has 1 aromatic heterocycles. The van der Waals surface area contributed by atoms with Crippen molar-refractivity contribution < 1.29 is 0 Å². The fourth-order valence-corrected chi connectivity index (χ4v) is 2.56. The van der Waals surface area contributed by atoms with Crippen LogP contribution < -0.4 is 0 Å². The van der Waals surface area contributed by atoms with Crippen LogP contribution in [-0.4, -0.2) is 4.98 Å². The minimum absolute atomic E-state index is 0.916. The maximum absolute atomic E-state index is 4.56. The number of aryl methyl sites for hydroxylation is 1. The third-order valence-electron chi connectivity index (χ3n) is 2.81. The van der Waals surface area contributed by atoms with Gasteiger partial charge in [0, 0.05) is 10.8 Å². The SMILES string of the molecule is Cc1ccc2nc(Br)c3ccccc3c2c1. The molecule has 0 unspecified atom stereocenters. The molecule has 16 heavy (non-hydrogen) atoms. The van der Waals surface area contributed by atoms with Crippen LogP contribution in [-0.2, 0) is 0 Å². The van der Waals surface area contributed by atoms with Crippen molar-refractivity contribution in [2.75, 3.05) is 0 Å². The van der Waals surface area contributed by atoms with Crippen molar-refractivity contribution in [2.24, 2.45) is 0 Å². The molecule has 0 fully saturated rings. The average Bonchev–Trinajstić information content (AvgIpc) is 2.31. The van der Waals surface area contributed by atoms with Crippen LogP contribution in [0.2, 0.25) is 0 Å². The van der Waals surface area contributed by atoms with E-state index in [1.807, 2.05) is 6.07 Å². The highest BCUT2D eigenvalue weighted by atomic mass is 79.9. The first-order chi connectivity index (χ1) is 7.75. The Balaban J connectivity index is 2.61. The molecule has 0 aliphatic rings. The van der Waals surface area contributed by atoms with E-state index >= 15 is 0 Å². The first-order valence-electron chi connectivity index (χ1n) is 5.20. The Labute approximate surface area is 102 Å². The lowest BCUT2D eigenvalue weighted by Gasteiger charge is -2.06. The third-order valence-corrected chi connectivity index (χ3v) is 3.41. The van der Waals surface area contributed by atoms with Crippen LogP contribution >= 0.6 is 15.9 Å². The van der Waals surface area contributed by atoms with Crippen LogP contribution in [0.3, 0.4) is 0 Å². The summed E-state index contributed by atoms with van der Waals surface area (Å²) in [4.78, 5) is 4.56. The summed E-state index contributed by atoms with van der Waals surface area (Å²) in [6, 6.07) is 14.7. The molecule has 2 aromatic carbocycles. The van der Waals surface area contributed by atoms with Gasteiger partial charge in [0.25, 0.3) is 0 Å². The molecule has 0 aliphatic carbocycles. The Morgan fingerprint density at radius 2 is 1.69 bits per heavy atom. The van der Waals surface area contributed by atoms with E-state index in [1.54, 1.807) is 0 Å². The normalized spacial score (nSPS) is 11.1. The van der Waals surface area contributed by atoms with Crippen LogP contribution in [0.15, 0.2) is 47.1 Å². The minimum Gasteiger partial charge on any atom is -0.240 e. The Hall–Kier alpha value is -1.41. The molecule has 0 N–H and O–H groups in total. The number of halogens is 1. The van der Waals surface area contributed by atoms with E-state index in [-0.39, 0.29) is 0 Å². The molecular formula is C14H10BrN. The predicted octanol–water partition coefficient (Wildman–Crippen LogP) is 4.46. The summed E-state index contributed by atoms with van der Waals surface area (Å²) in [5.74, 6) is 0. The smallest absolute Gasteiger partial charge is 0.114 e. The highest BCUT2D eigenvalue weighted by Crippen LogP contribution is 2.29. The second kappa shape index (κ2) is 3.56. The maximum atomic E-state index is 4.56. The summed E-state index contributed by atoms with van der Waals surface area (Å²) < 4.78 is 0.916. The molecule has 0 saturated carbocycles. The molecule has 78 valence electrons. The van der Waals surface area contributed by atoms with Gasteiger partial charge in [0.2, 0.25) is 0 Å². The van der Waals surface area contributed by atoms with Crippen LogP contribution in [0.5, 0.6) is 0 Å². The van der Waals surface area contributed by atoms with E-state index in [1.165, 1.54) is 21.7 Å². The van der Waals surface area contributed by atoms with E-state index in [9.17, 15) is 0 Å². The van der Waals surface area contributed by atoms with Gasteiger partial charge in [-0.3, -0.25) is 0 Å². The van der Waals surface area contributed by atoms with Crippen molar-refractivity contribution in [3.8, 4) is 0 Å². The zero-order chi connectivity index (χ0) is 11.1. The fourth-order valence-electron chi connectivity index (χ4n) is 2.03. The zero-order valence-corrected chi connectivity index (χ0v) is 10.5. The molecule has 0 bridgehead atoms. The van der Waals surface area contributed by atoms with Crippen molar-refractivity contribution in [3.05, 3.63) is 52.6 Å². The van der Waals surface area contributed by atoms with Gasteiger partial charge in [-0.2, -0.15) is 0 Å². The molecule has 0 spiro atoms. The summed E-state index contributed by atoms with van der Waals surface area (Å²) >= 11 is 3.53. The molecule has 0 atom stereocenters. The van der Waals surface area contributed by atoms with Crippen LogP contribution in [0.1, 0.15) is 5.56 Å². The lowest BCUT2D eigenvalue weighted by atomic mass is 10.1. The second-order valence-electron chi connectivity index (χ2n) is 3.97. The molecule has 2 heteroatoms. The standard InChI is InChI=1S/C14H10BrN/c1-9-6-7-13-12(8-9)10-4-2-3-5-11(10)14(15)16-13/h2-8H,1H3. The first-order valence-corrected chi connectivity index (χ1v) is 5.99. The van der Waals surface area contributed by atoms with E-state index in [0.717, 1.165) is 10.1 Å². The van der Waals surface area contributed by atoms with Gasteiger partial charge in [-0.05, 0) is 40.4 Å².